The van der Waals surface area contributed by atoms with Crippen LogP contribution in [-0.4, -0.2) is 37.5 Å². The van der Waals surface area contributed by atoms with Crippen molar-refractivity contribution in [3.63, 3.8) is 0 Å². The molecule has 0 saturated heterocycles. The SMILES string of the molecule is COc1ccc(/C=C/C(=O)OCC(=O)N2c3ccccc3NC(=O)C[C@H]2C)cc1. The van der Waals surface area contributed by atoms with Crippen molar-refractivity contribution >= 4 is 35.2 Å². The molecule has 0 unspecified atom stereocenters. The van der Waals surface area contributed by atoms with Gasteiger partial charge in [-0.1, -0.05) is 24.3 Å². The van der Waals surface area contributed by atoms with E-state index in [-0.39, 0.29) is 18.4 Å². The zero-order valence-corrected chi connectivity index (χ0v) is 16.3. The monoisotopic (exact) mass is 394 g/mol. The van der Waals surface area contributed by atoms with E-state index in [0.29, 0.717) is 11.4 Å². The Morgan fingerprint density at radius 3 is 2.62 bits per heavy atom. The summed E-state index contributed by atoms with van der Waals surface area (Å²) in [5.41, 5.74) is 1.94. The number of methoxy groups -OCH3 is 1. The van der Waals surface area contributed by atoms with Crippen LogP contribution in [0, 0.1) is 0 Å². The lowest BCUT2D eigenvalue weighted by Gasteiger charge is -2.27. The molecular weight excluding hydrogens is 372 g/mol. The Balaban J connectivity index is 1.64. The fourth-order valence-corrected chi connectivity index (χ4v) is 3.10. The summed E-state index contributed by atoms with van der Waals surface area (Å²) in [5.74, 6) is -0.471. The lowest BCUT2D eigenvalue weighted by Crippen LogP contribution is -2.41. The van der Waals surface area contributed by atoms with Gasteiger partial charge in [-0.15, -0.1) is 0 Å². The number of hydrogen-bond donors (Lipinski definition) is 1. The number of benzene rings is 2. The summed E-state index contributed by atoms with van der Waals surface area (Å²) in [6.07, 6.45) is 3.02. The third-order valence-corrected chi connectivity index (χ3v) is 4.49. The van der Waals surface area contributed by atoms with Crippen LogP contribution in [-0.2, 0) is 19.1 Å². The zero-order chi connectivity index (χ0) is 20.8. The minimum atomic E-state index is -0.626. The number of nitrogens with zero attached hydrogens (tertiary/aromatic N) is 1. The van der Waals surface area contributed by atoms with Crippen LogP contribution in [0.5, 0.6) is 5.75 Å². The second-order valence-corrected chi connectivity index (χ2v) is 6.60. The molecule has 0 aromatic heterocycles. The van der Waals surface area contributed by atoms with Gasteiger partial charge in [0.1, 0.15) is 5.75 Å². The van der Waals surface area contributed by atoms with Gasteiger partial charge in [-0.05, 0) is 42.8 Å². The van der Waals surface area contributed by atoms with Gasteiger partial charge in [0.15, 0.2) is 6.61 Å². The first kappa shape index (κ1) is 20.1. The van der Waals surface area contributed by atoms with E-state index in [4.69, 9.17) is 9.47 Å². The van der Waals surface area contributed by atoms with Crippen molar-refractivity contribution in [1.82, 2.24) is 0 Å². The van der Waals surface area contributed by atoms with Crippen molar-refractivity contribution in [2.75, 3.05) is 23.9 Å². The molecule has 1 aliphatic heterocycles. The van der Waals surface area contributed by atoms with E-state index in [1.165, 1.54) is 11.0 Å². The van der Waals surface area contributed by atoms with Gasteiger partial charge in [0, 0.05) is 18.5 Å². The average Bonchev–Trinajstić information content (AvgIpc) is 2.85. The Hall–Kier alpha value is -3.61. The Morgan fingerprint density at radius 1 is 1.17 bits per heavy atom. The normalized spacial score (nSPS) is 16.0. The third kappa shape index (κ3) is 5.01. The Labute approximate surface area is 168 Å². The molecule has 7 heteroatoms. The number of rotatable bonds is 5. The number of nitrogens with one attached hydrogen (secondary N) is 1. The first-order valence-corrected chi connectivity index (χ1v) is 9.18. The van der Waals surface area contributed by atoms with Gasteiger partial charge >= 0.3 is 5.97 Å². The van der Waals surface area contributed by atoms with Crippen molar-refractivity contribution in [3.8, 4) is 5.75 Å². The van der Waals surface area contributed by atoms with Crippen LogP contribution >= 0.6 is 0 Å². The predicted octanol–water partition coefficient (Wildman–Crippen LogP) is 3.02. The summed E-state index contributed by atoms with van der Waals surface area (Å²) in [6, 6.07) is 13.8. The van der Waals surface area contributed by atoms with Crippen molar-refractivity contribution in [1.29, 1.82) is 0 Å². The maximum atomic E-state index is 12.8. The van der Waals surface area contributed by atoms with E-state index in [0.717, 1.165) is 11.3 Å². The number of para-hydroxylation sites is 2. The third-order valence-electron chi connectivity index (χ3n) is 4.49. The zero-order valence-electron chi connectivity index (χ0n) is 16.3. The molecule has 2 aromatic rings. The lowest BCUT2D eigenvalue weighted by molar-refractivity contribution is -0.143. The molecule has 7 nitrogen and oxygen atoms in total. The van der Waals surface area contributed by atoms with Crippen molar-refractivity contribution in [2.45, 2.75) is 19.4 Å². The second kappa shape index (κ2) is 9.05. The van der Waals surface area contributed by atoms with E-state index in [2.05, 4.69) is 5.32 Å². The van der Waals surface area contributed by atoms with Crippen LogP contribution in [0.15, 0.2) is 54.6 Å². The number of carbonyl (C=O) groups excluding carboxylic acids is 3. The van der Waals surface area contributed by atoms with Crippen LogP contribution in [0.25, 0.3) is 6.08 Å². The van der Waals surface area contributed by atoms with Crippen molar-refractivity contribution in [3.05, 3.63) is 60.2 Å². The highest BCUT2D eigenvalue weighted by Gasteiger charge is 2.29. The molecule has 3 rings (SSSR count). The second-order valence-electron chi connectivity index (χ2n) is 6.60. The van der Waals surface area contributed by atoms with Crippen molar-refractivity contribution < 1.29 is 23.9 Å². The van der Waals surface area contributed by atoms with Gasteiger partial charge < -0.3 is 19.7 Å². The largest absolute Gasteiger partial charge is 0.497 e. The predicted molar refractivity (Wildman–Crippen MR) is 110 cm³/mol. The fourth-order valence-electron chi connectivity index (χ4n) is 3.10. The molecule has 1 aliphatic rings. The number of anilines is 2. The molecule has 0 fully saturated rings. The molecule has 0 spiro atoms. The minimum absolute atomic E-state index is 0.158. The van der Waals surface area contributed by atoms with Crippen LogP contribution < -0.4 is 15.0 Å². The number of amides is 2. The Kier molecular flexibility index (Phi) is 6.29. The van der Waals surface area contributed by atoms with Gasteiger partial charge in [0.2, 0.25) is 5.91 Å². The topological polar surface area (TPSA) is 84.9 Å². The van der Waals surface area contributed by atoms with E-state index in [1.807, 2.05) is 0 Å². The van der Waals surface area contributed by atoms with E-state index >= 15 is 0 Å². The quantitative estimate of drug-likeness (QED) is 0.622. The average molecular weight is 394 g/mol. The van der Waals surface area contributed by atoms with Gasteiger partial charge in [-0.25, -0.2) is 4.79 Å². The standard InChI is InChI=1S/C22H22N2O5/c1-15-13-20(25)23-18-5-3-4-6-19(18)24(15)21(26)14-29-22(27)12-9-16-7-10-17(28-2)11-8-16/h3-12,15H,13-14H2,1-2H3,(H,23,25)/b12-9+/t15-/m1/s1. The molecule has 2 amide bonds. The molecule has 1 N–H and O–H groups in total. The number of hydrogen-bond acceptors (Lipinski definition) is 5. The number of esters is 1. The summed E-state index contributed by atoms with van der Waals surface area (Å²) in [6.45, 7) is 1.36. The van der Waals surface area contributed by atoms with E-state index in [1.54, 1.807) is 68.6 Å². The van der Waals surface area contributed by atoms with E-state index in [9.17, 15) is 14.4 Å². The van der Waals surface area contributed by atoms with Gasteiger partial charge in [-0.3, -0.25) is 9.59 Å². The van der Waals surface area contributed by atoms with Crippen LogP contribution in [0.3, 0.4) is 0 Å². The van der Waals surface area contributed by atoms with E-state index < -0.39 is 18.5 Å². The maximum absolute atomic E-state index is 12.8. The molecule has 0 bridgehead atoms. The molecule has 0 radical (unpaired) electrons. The highest BCUT2D eigenvalue weighted by Crippen LogP contribution is 2.31. The molecule has 29 heavy (non-hydrogen) atoms. The highest BCUT2D eigenvalue weighted by atomic mass is 16.5. The highest BCUT2D eigenvalue weighted by molar-refractivity contribution is 6.05. The Morgan fingerprint density at radius 2 is 1.90 bits per heavy atom. The van der Waals surface area contributed by atoms with Gasteiger partial charge in [-0.2, -0.15) is 0 Å². The molecule has 0 aliphatic carbocycles. The van der Waals surface area contributed by atoms with Crippen molar-refractivity contribution in [2.24, 2.45) is 0 Å². The number of fused-ring (bicyclic) bond motifs is 1. The molecular formula is C22H22N2O5. The first-order valence-electron chi connectivity index (χ1n) is 9.18. The summed E-state index contributed by atoms with van der Waals surface area (Å²) in [4.78, 5) is 38.2. The van der Waals surface area contributed by atoms with Crippen LogP contribution in [0.2, 0.25) is 0 Å². The fraction of sp³-hybridized carbons (Fsp3) is 0.227. The summed E-state index contributed by atoms with van der Waals surface area (Å²) in [5, 5.41) is 2.79. The maximum Gasteiger partial charge on any atom is 0.331 e. The number of ether oxygens (including phenoxy) is 2. The Bertz CT molecular complexity index is 936. The first-order chi connectivity index (χ1) is 14.0. The smallest absolute Gasteiger partial charge is 0.331 e. The summed E-state index contributed by atoms with van der Waals surface area (Å²) < 4.78 is 10.2. The minimum Gasteiger partial charge on any atom is -0.497 e. The molecule has 150 valence electrons. The molecule has 1 heterocycles. The lowest BCUT2D eigenvalue weighted by atomic mass is 10.1. The van der Waals surface area contributed by atoms with Crippen LogP contribution in [0.4, 0.5) is 11.4 Å². The molecule has 0 saturated carbocycles. The number of carbonyl (C=O) groups is 3. The summed E-state index contributed by atoms with van der Waals surface area (Å²) >= 11 is 0. The van der Waals surface area contributed by atoms with Gasteiger partial charge in [0.25, 0.3) is 5.91 Å². The summed E-state index contributed by atoms with van der Waals surface area (Å²) in [7, 11) is 1.58. The van der Waals surface area contributed by atoms with Gasteiger partial charge in [0.05, 0.1) is 18.5 Å². The molecule has 1 atom stereocenters. The van der Waals surface area contributed by atoms with Crippen LogP contribution in [0.1, 0.15) is 18.9 Å². The molecule has 2 aromatic carbocycles.